The number of primary amides is 1. The average molecular weight is 221 g/mol. The molecule has 1 saturated heterocycles. The van der Waals surface area contributed by atoms with Gasteiger partial charge in [0.15, 0.2) is 0 Å². The number of rotatable bonds is 6. The number of amides is 1. The number of hydrogen-bond donors (Lipinski definition) is 1. The summed E-state index contributed by atoms with van der Waals surface area (Å²) in [5.41, 5.74) is 6.01. The van der Waals surface area contributed by atoms with E-state index in [9.17, 15) is 4.79 Å². The third-order valence-electron chi connectivity index (χ3n) is 2.44. The van der Waals surface area contributed by atoms with Gasteiger partial charge in [-0.15, -0.1) is 0 Å². The minimum atomic E-state index is -0.346. The zero-order valence-corrected chi connectivity index (χ0v) is 9.02. The van der Waals surface area contributed by atoms with Gasteiger partial charge in [-0.05, 0) is 6.07 Å². The van der Waals surface area contributed by atoms with Crippen LogP contribution in [0.3, 0.4) is 0 Å². The average Bonchev–Trinajstić information content (AvgIpc) is 3.04. The molecule has 0 radical (unpaired) electrons. The van der Waals surface area contributed by atoms with Gasteiger partial charge in [0.05, 0.1) is 25.7 Å². The summed E-state index contributed by atoms with van der Waals surface area (Å²) in [6.45, 7) is 1.45. The molecule has 1 fully saturated rings. The van der Waals surface area contributed by atoms with Crippen molar-refractivity contribution >= 4 is 5.91 Å². The Morgan fingerprint density at radius 3 is 2.94 bits per heavy atom. The largest absolute Gasteiger partial charge is 0.493 e. The van der Waals surface area contributed by atoms with Crippen LogP contribution in [-0.4, -0.2) is 25.2 Å². The summed E-state index contributed by atoms with van der Waals surface area (Å²) in [4.78, 5) is 10.9. The fourth-order valence-electron chi connectivity index (χ4n) is 1.51. The summed E-state index contributed by atoms with van der Waals surface area (Å²) in [7, 11) is 0. The van der Waals surface area contributed by atoms with Crippen LogP contribution in [0.1, 0.15) is 12.0 Å². The third-order valence-corrected chi connectivity index (χ3v) is 2.44. The molecule has 16 heavy (non-hydrogen) atoms. The molecule has 0 aromatic heterocycles. The Kier molecular flexibility index (Phi) is 3.41. The van der Waals surface area contributed by atoms with Crippen molar-refractivity contribution in [2.45, 2.75) is 18.9 Å². The molecule has 0 aliphatic carbocycles. The number of hydrogen-bond acceptors (Lipinski definition) is 3. The molecule has 1 heterocycles. The predicted molar refractivity (Wildman–Crippen MR) is 59.2 cm³/mol. The van der Waals surface area contributed by atoms with Gasteiger partial charge in [-0.25, -0.2) is 0 Å². The Hall–Kier alpha value is -1.55. The number of nitrogens with two attached hydrogens (primary N) is 1. The standard InChI is InChI=1S/C12H15NO3/c13-12(14)7-9-3-1-2-4-11(9)15-6-5-10-8-16-10/h1-4,10H,5-8H2,(H2,13,14). The maximum atomic E-state index is 10.9. The van der Waals surface area contributed by atoms with Gasteiger partial charge >= 0.3 is 0 Å². The lowest BCUT2D eigenvalue weighted by Gasteiger charge is -2.09. The van der Waals surface area contributed by atoms with Crippen LogP contribution in [0.15, 0.2) is 24.3 Å². The molecule has 1 aromatic rings. The normalized spacial score (nSPS) is 18.1. The van der Waals surface area contributed by atoms with E-state index in [1.807, 2.05) is 24.3 Å². The topological polar surface area (TPSA) is 64.9 Å². The minimum absolute atomic E-state index is 0.218. The Balaban J connectivity index is 1.91. The van der Waals surface area contributed by atoms with E-state index in [1.165, 1.54) is 0 Å². The minimum Gasteiger partial charge on any atom is -0.493 e. The maximum Gasteiger partial charge on any atom is 0.221 e. The van der Waals surface area contributed by atoms with E-state index >= 15 is 0 Å². The highest BCUT2D eigenvalue weighted by Crippen LogP contribution is 2.20. The van der Waals surface area contributed by atoms with Crippen molar-refractivity contribution < 1.29 is 14.3 Å². The highest BCUT2D eigenvalue weighted by atomic mass is 16.6. The highest BCUT2D eigenvalue weighted by Gasteiger charge is 2.21. The van der Waals surface area contributed by atoms with Gasteiger partial charge in [0.25, 0.3) is 0 Å². The quantitative estimate of drug-likeness (QED) is 0.725. The van der Waals surface area contributed by atoms with E-state index in [0.717, 1.165) is 24.3 Å². The van der Waals surface area contributed by atoms with Crippen LogP contribution in [0, 0.1) is 0 Å². The van der Waals surface area contributed by atoms with Gasteiger partial charge in [-0.3, -0.25) is 4.79 Å². The summed E-state index contributed by atoms with van der Waals surface area (Å²) < 4.78 is 10.7. The zero-order valence-electron chi connectivity index (χ0n) is 9.02. The number of carbonyl (C=O) groups excluding carboxylic acids is 1. The van der Waals surface area contributed by atoms with E-state index < -0.39 is 0 Å². The molecule has 0 bridgehead atoms. The summed E-state index contributed by atoms with van der Waals surface area (Å²) in [5, 5.41) is 0. The maximum absolute atomic E-state index is 10.9. The van der Waals surface area contributed by atoms with Crippen molar-refractivity contribution in [2.75, 3.05) is 13.2 Å². The molecule has 1 aliphatic heterocycles. The van der Waals surface area contributed by atoms with Gasteiger partial charge in [-0.1, -0.05) is 18.2 Å². The monoisotopic (exact) mass is 221 g/mol. The van der Waals surface area contributed by atoms with Crippen molar-refractivity contribution in [1.82, 2.24) is 0 Å². The van der Waals surface area contributed by atoms with Crippen molar-refractivity contribution in [1.29, 1.82) is 0 Å². The molecular weight excluding hydrogens is 206 g/mol. The number of para-hydroxylation sites is 1. The fourth-order valence-corrected chi connectivity index (χ4v) is 1.51. The zero-order chi connectivity index (χ0) is 11.4. The van der Waals surface area contributed by atoms with Crippen LogP contribution in [0.25, 0.3) is 0 Å². The number of epoxide rings is 1. The van der Waals surface area contributed by atoms with Crippen molar-refractivity contribution in [2.24, 2.45) is 5.73 Å². The lowest BCUT2D eigenvalue weighted by Crippen LogP contribution is -2.14. The van der Waals surface area contributed by atoms with Crippen LogP contribution in [0.4, 0.5) is 0 Å². The predicted octanol–water partition coefficient (Wildman–Crippen LogP) is 0.882. The van der Waals surface area contributed by atoms with Crippen molar-refractivity contribution in [3.05, 3.63) is 29.8 Å². The second-order valence-electron chi connectivity index (χ2n) is 3.84. The van der Waals surface area contributed by atoms with E-state index in [2.05, 4.69) is 0 Å². The molecule has 1 aliphatic rings. The van der Waals surface area contributed by atoms with E-state index in [0.29, 0.717) is 12.7 Å². The van der Waals surface area contributed by atoms with Gasteiger partial charge in [0, 0.05) is 12.0 Å². The van der Waals surface area contributed by atoms with Crippen molar-refractivity contribution in [3.63, 3.8) is 0 Å². The smallest absolute Gasteiger partial charge is 0.221 e. The molecule has 4 heteroatoms. The summed E-state index contributed by atoms with van der Waals surface area (Å²) >= 11 is 0. The van der Waals surface area contributed by atoms with E-state index in [1.54, 1.807) is 0 Å². The SMILES string of the molecule is NC(=O)Cc1ccccc1OCCC1CO1. The first kappa shape index (κ1) is 11.0. The van der Waals surface area contributed by atoms with Crippen LogP contribution < -0.4 is 10.5 Å². The van der Waals surface area contributed by atoms with Gasteiger partial charge in [0.1, 0.15) is 5.75 Å². The third kappa shape index (κ3) is 3.24. The number of ether oxygens (including phenoxy) is 2. The summed E-state index contributed by atoms with van der Waals surface area (Å²) in [6.07, 6.45) is 1.48. The van der Waals surface area contributed by atoms with Crippen LogP contribution in [0.5, 0.6) is 5.75 Å². The first-order valence-corrected chi connectivity index (χ1v) is 5.36. The van der Waals surface area contributed by atoms with Gasteiger partial charge < -0.3 is 15.2 Å². The Morgan fingerprint density at radius 2 is 2.25 bits per heavy atom. The lowest BCUT2D eigenvalue weighted by molar-refractivity contribution is -0.117. The van der Waals surface area contributed by atoms with E-state index in [-0.39, 0.29) is 12.3 Å². The fraction of sp³-hybridized carbons (Fsp3) is 0.417. The van der Waals surface area contributed by atoms with E-state index in [4.69, 9.17) is 15.2 Å². The Bertz CT molecular complexity index is 374. The second-order valence-corrected chi connectivity index (χ2v) is 3.84. The van der Waals surface area contributed by atoms with Gasteiger partial charge in [0.2, 0.25) is 5.91 Å². The molecule has 0 saturated carbocycles. The van der Waals surface area contributed by atoms with Crippen LogP contribution in [0.2, 0.25) is 0 Å². The van der Waals surface area contributed by atoms with Crippen LogP contribution in [-0.2, 0) is 16.0 Å². The Labute approximate surface area is 94.3 Å². The first-order chi connectivity index (χ1) is 7.75. The molecule has 86 valence electrons. The molecule has 0 spiro atoms. The lowest BCUT2D eigenvalue weighted by atomic mass is 10.1. The highest BCUT2D eigenvalue weighted by molar-refractivity contribution is 5.77. The first-order valence-electron chi connectivity index (χ1n) is 5.36. The molecule has 1 amide bonds. The molecule has 1 atom stereocenters. The van der Waals surface area contributed by atoms with Crippen LogP contribution >= 0.6 is 0 Å². The molecule has 2 N–H and O–H groups in total. The summed E-state index contributed by atoms with van der Waals surface area (Å²) in [6, 6.07) is 7.46. The number of benzene rings is 1. The molecular formula is C12H15NO3. The number of carbonyl (C=O) groups is 1. The molecule has 2 rings (SSSR count). The molecule has 1 aromatic carbocycles. The summed E-state index contributed by atoms with van der Waals surface area (Å²) in [5.74, 6) is 0.392. The molecule has 1 unspecified atom stereocenters. The second kappa shape index (κ2) is 4.99. The van der Waals surface area contributed by atoms with Crippen molar-refractivity contribution in [3.8, 4) is 5.75 Å². The Morgan fingerprint density at radius 1 is 1.50 bits per heavy atom. The molecule has 4 nitrogen and oxygen atoms in total. The van der Waals surface area contributed by atoms with Gasteiger partial charge in [-0.2, -0.15) is 0 Å².